The van der Waals surface area contributed by atoms with Crippen molar-refractivity contribution in [2.45, 2.75) is 26.2 Å². The summed E-state index contributed by atoms with van der Waals surface area (Å²) in [7, 11) is 0. The second kappa shape index (κ2) is 7.05. The minimum atomic E-state index is -0.242. The summed E-state index contributed by atoms with van der Waals surface area (Å²) in [5, 5.41) is 13.4. The SMILES string of the molecule is CCCN1CCC(=NNC(=O)c2ccc(O)cc2)CC1. The molecular formula is C15H21N3O2. The van der Waals surface area contributed by atoms with Crippen LogP contribution in [0, 0.1) is 0 Å². The van der Waals surface area contributed by atoms with Crippen LogP contribution in [0.4, 0.5) is 0 Å². The molecule has 1 aliphatic heterocycles. The maximum atomic E-state index is 11.9. The predicted molar refractivity (Wildman–Crippen MR) is 79.0 cm³/mol. The van der Waals surface area contributed by atoms with Crippen LogP contribution in [0.3, 0.4) is 0 Å². The summed E-state index contributed by atoms with van der Waals surface area (Å²) in [4.78, 5) is 14.3. The molecule has 1 saturated heterocycles. The Morgan fingerprint density at radius 2 is 1.95 bits per heavy atom. The first-order valence-corrected chi connectivity index (χ1v) is 7.06. The minimum Gasteiger partial charge on any atom is -0.508 e. The van der Waals surface area contributed by atoms with Crippen LogP contribution in [0.25, 0.3) is 0 Å². The van der Waals surface area contributed by atoms with E-state index in [0.717, 1.165) is 38.2 Å². The van der Waals surface area contributed by atoms with Crippen LogP contribution in [0.15, 0.2) is 29.4 Å². The van der Waals surface area contributed by atoms with Crippen LogP contribution in [-0.4, -0.2) is 41.3 Å². The average Bonchev–Trinajstić information content (AvgIpc) is 2.47. The number of rotatable bonds is 4. The molecule has 0 radical (unpaired) electrons. The first-order chi connectivity index (χ1) is 9.69. The largest absolute Gasteiger partial charge is 0.508 e. The van der Waals surface area contributed by atoms with Gasteiger partial charge in [0.1, 0.15) is 5.75 Å². The predicted octanol–water partition coefficient (Wildman–Crippen LogP) is 1.98. The number of hydrazone groups is 1. The van der Waals surface area contributed by atoms with Crippen LogP contribution >= 0.6 is 0 Å². The van der Waals surface area contributed by atoms with Crippen molar-refractivity contribution in [3.63, 3.8) is 0 Å². The van der Waals surface area contributed by atoms with Crippen molar-refractivity contribution in [1.82, 2.24) is 10.3 Å². The molecule has 5 nitrogen and oxygen atoms in total. The molecule has 0 aromatic heterocycles. The molecule has 0 spiro atoms. The molecule has 0 saturated carbocycles. The van der Waals surface area contributed by atoms with Crippen molar-refractivity contribution < 1.29 is 9.90 Å². The van der Waals surface area contributed by atoms with Crippen molar-refractivity contribution in [1.29, 1.82) is 0 Å². The van der Waals surface area contributed by atoms with Crippen molar-refractivity contribution in [3.05, 3.63) is 29.8 Å². The fourth-order valence-corrected chi connectivity index (χ4v) is 2.27. The van der Waals surface area contributed by atoms with E-state index >= 15 is 0 Å². The summed E-state index contributed by atoms with van der Waals surface area (Å²) in [6, 6.07) is 6.14. The molecule has 1 aromatic rings. The quantitative estimate of drug-likeness (QED) is 0.826. The van der Waals surface area contributed by atoms with Crippen molar-refractivity contribution >= 4 is 11.6 Å². The number of phenolic OH excluding ortho intramolecular Hbond substituents is 1. The third-order valence-corrected chi connectivity index (χ3v) is 3.42. The molecule has 2 rings (SSSR count). The Bertz CT molecular complexity index is 472. The van der Waals surface area contributed by atoms with Crippen molar-refractivity contribution in [2.24, 2.45) is 5.10 Å². The van der Waals surface area contributed by atoms with E-state index in [4.69, 9.17) is 0 Å². The number of aromatic hydroxyl groups is 1. The number of hydrogen-bond acceptors (Lipinski definition) is 4. The number of likely N-dealkylation sites (tertiary alicyclic amines) is 1. The molecule has 0 bridgehead atoms. The summed E-state index contributed by atoms with van der Waals surface area (Å²) in [5.74, 6) is -0.0929. The number of carbonyl (C=O) groups is 1. The van der Waals surface area contributed by atoms with Gasteiger partial charge in [0.15, 0.2) is 0 Å². The molecule has 5 heteroatoms. The lowest BCUT2D eigenvalue weighted by Crippen LogP contribution is -2.35. The highest BCUT2D eigenvalue weighted by Gasteiger charge is 2.14. The first kappa shape index (κ1) is 14.5. The molecule has 2 N–H and O–H groups in total. The van der Waals surface area contributed by atoms with E-state index in [1.165, 1.54) is 18.6 Å². The van der Waals surface area contributed by atoms with Gasteiger partial charge in [-0.1, -0.05) is 6.92 Å². The van der Waals surface area contributed by atoms with Crippen molar-refractivity contribution in [2.75, 3.05) is 19.6 Å². The number of phenols is 1. The Morgan fingerprint density at radius 1 is 1.30 bits per heavy atom. The molecule has 1 heterocycles. The van der Waals surface area contributed by atoms with Crippen LogP contribution < -0.4 is 5.43 Å². The van der Waals surface area contributed by atoms with Crippen LogP contribution in [0.2, 0.25) is 0 Å². The monoisotopic (exact) mass is 275 g/mol. The fourth-order valence-electron chi connectivity index (χ4n) is 2.27. The molecule has 1 aromatic carbocycles. The lowest BCUT2D eigenvalue weighted by atomic mass is 10.1. The third kappa shape index (κ3) is 4.06. The number of nitrogens with one attached hydrogen (secondary N) is 1. The second-order valence-corrected chi connectivity index (χ2v) is 5.01. The van der Waals surface area contributed by atoms with Gasteiger partial charge in [-0.2, -0.15) is 5.10 Å². The van der Waals surface area contributed by atoms with Gasteiger partial charge in [0.05, 0.1) is 0 Å². The minimum absolute atomic E-state index is 0.149. The highest BCUT2D eigenvalue weighted by molar-refractivity contribution is 5.95. The van der Waals surface area contributed by atoms with E-state index in [0.29, 0.717) is 5.56 Å². The zero-order valence-corrected chi connectivity index (χ0v) is 11.8. The second-order valence-electron chi connectivity index (χ2n) is 5.01. The summed E-state index contributed by atoms with van der Waals surface area (Å²) < 4.78 is 0. The molecule has 1 aliphatic rings. The molecule has 20 heavy (non-hydrogen) atoms. The number of nitrogens with zero attached hydrogens (tertiary/aromatic N) is 2. The Balaban J connectivity index is 1.84. The molecule has 1 amide bonds. The number of hydrogen-bond donors (Lipinski definition) is 2. The number of carbonyl (C=O) groups excluding carboxylic acids is 1. The zero-order chi connectivity index (χ0) is 14.4. The summed E-state index contributed by atoms with van der Waals surface area (Å²) in [6.45, 7) is 5.35. The molecule has 108 valence electrons. The maximum Gasteiger partial charge on any atom is 0.271 e. The molecule has 0 atom stereocenters. The van der Waals surface area contributed by atoms with E-state index in [-0.39, 0.29) is 11.7 Å². The average molecular weight is 275 g/mol. The normalized spacial score (nSPS) is 15.9. The number of amides is 1. The summed E-state index contributed by atoms with van der Waals surface area (Å²) >= 11 is 0. The van der Waals surface area contributed by atoms with E-state index in [9.17, 15) is 9.90 Å². The van der Waals surface area contributed by atoms with Gasteiger partial charge >= 0.3 is 0 Å². The maximum absolute atomic E-state index is 11.9. The highest BCUT2D eigenvalue weighted by Crippen LogP contribution is 2.10. The first-order valence-electron chi connectivity index (χ1n) is 7.06. The fraction of sp³-hybridized carbons (Fsp3) is 0.467. The Hall–Kier alpha value is -1.88. The van der Waals surface area contributed by atoms with Gasteiger partial charge in [-0.15, -0.1) is 0 Å². The third-order valence-electron chi connectivity index (χ3n) is 3.42. The van der Waals surface area contributed by atoms with Gasteiger partial charge < -0.3 is 10.0 Å². The van der Waals surface area contributed by atoms with E-state index in [1.54, 1.807) is 12.1 Å². The van der Waals surface area contributed by atoms with Crippen LogP contribution in [0.1, 0.15) is 36.5 Å². The van der Waals surface area contributed by atoms with Gasteiger partial charge in [-0.05, 0) is 37.2 Å². The van der Waals surface area contributed by atoms with Gasteiger partial charge in [-0.3, -0.25) is 4.79 Å². The summed E-state index contributed by atoms with van der Waals surface area (Å²) in [5.41, 5.74) is 4.13. The highest BCUT2D eigenvalue weighted by atomic mass is 16.3. The van der Waals surface area contributed by atoms with E-state index in [2.05, 4.69) is 22.4 Å². The lowest BCUT2D eigenvalue weighted by Gasteiger charge is -2.26. The Morgan fingerprint density at radius 3 is 2.55 bits per heavy atom. The summed E-state index contributed by atoms with van der Waals surface area (Å²) in [6.07, 6.45) is 3.00. The van der Waals surface area contributed by atoms with E-state index in [1.807, 2.05) is 0 Å². The van der Waals surface area contributed by atoms with Gasteiger partial charge in [0, 0.05) is 37.2 Å². The molecular weight excluding hydrogens is 254 g/mol. The smallest absolute Gasteiger partial charge is 0.271 e. The topological polar surface area (TPSA) is 64.9 Å². The Labute approximate surface area is 119 Å². The molecule has 1 fully saturated rings. The van der Waals surface area contributed by atoms with E-state index < -0.39 is 0 Å². The van der Waals surface area contributed by atoms with Gasteiger partial charge in [0.2, 0.25) is 0 Å². The van der Waals surface area contributed by atoms with Gasteiger partial charge in [-0.25, -0.2) is 5.43 Å². The molecule has 0 unspecified atom stereocenters. The molecule has 0 aliphatic carbocycles. The number of benzene rings is 1. The number of piperidine rings is 1. The van der Waals surface area contributed by atoms with Crippen LogP contribution in [0.5, 0.6) is 5.75 Å². The van der Waals surface area contributed by atoms with Crippen molar-refractivity contribution in [3.8, 4) is 5.75 Å². The van der Waals surface area contributed by atoms with Crippen LogP contribution in [-0.2, 0) is 0 Å². The van der Waals surface area contributed by atoms with Gasteiger partial charge in [0.25, 0.3) is 5.91 Å². The Kier molecular flexibility index (Phi) is 5.12. The zero-order valence-electron chi connectivity index (χ0n) is 11.8. The lowest BCUT2D eigenvalue weighted by molar-refractivity contribution is 0.0954. The standard InChI is InChI=1S/C15H21N3O2/c1-2-9-18-10-7-13(8-11-18)16-17-15(20)12-3-5-14(19)6-4-12/h3-6,19H,2,7-11H2,1H3,(H,17,20).